The number of aryl methyl sites for hydroxylation is 1. The van der Waals surface area contributed by atoms with E-state index < -0.39 is 0 Å². The highest BCUT2D eigenvalue weighted by atomic mass is 16.5. The van der Waals surface area contributed by atoms with Crippen LogP contribution in [0.25, 0.3) is 5.78 Å². The van der Waals surface area contributed by atoms with E-state index in [2.05, 4.69) is 56.8 Å². The molecule has 2 aromatic heterocycles. The van der Waals surface area contributed by atoms with Gasteiger partial charge in [0, 0.05) is 11.3 Å². The van der Waals surface area contributed by atoms with Crippen LogP contribution in [0.3, 0.4) is 0 Å². The molecule has 4 aromatic rings. The topological polar surface area (TPSA) is 64.3 Å². The zero-order valence-corrected chi connectivity index (χ0v) is 16.1. The van der Waals surface area contributed by atoms with Crippen molar-refractivity contribution in [2.24, 2.45) is 0 Å². The molecule has 2 aromatic carbocycles. The molecule has 4 rings (SSSR count). The van der Waals surface area contributed by atoms with Crippen LogP contribution in [0.1, 0.15) is 22.4 Å². The zero-order chi connectivity index (χ0) is 19.3. The minimum Gasteiger partial charge on any atom is -0.492 e. The Labute approximate surface area is 164 Å². The monoisotopic (exact) mass is 373 g/mol. The first kappa shape index (κ1) is 18.0. The van der Waals surface area contributed by atoms with Crippen molar-refractivity contribution < 1.29 is 4.74 Å². The summed E-state index contributed by atoms with van der Waals surface area (Å²) in [4.78, 5) is 8.59. The lowest BCUT2D eigenvalue weighted by Crippen LogP contribution is -2.16. The number of anilines is 1. The van der Waals surface area contributed by atoms with Gasteiger partial charge in [-0.3, -0.25) is 0 Å². The highest BCUT2D eigenvalue weighted by Gasteiger charge is 2.10. The molecular formula is C22H23N5O. The normalized spacial score (nSPS) is 10.9. The largest absolute Gasteiger partial charge is 0.492 e. The molecule has 2 heterocycles. The van der Waals surface area contributed by atoms with Crippen LogP contribution in [-0.4, -0.2) is 32.7 Å². The average Bonchev–Trinajstić information content (AvgIpc) is 3.17. The Balaban J connectivity index is 1.32. The van der Waals surface area contributed by atoms with Crippen molar-refractivity contribution in [1.29, 1.82) is 0 Å². The van der Waals surface area contributed by atoms with Gasteiger partial charge in [-0.2, -0.15) is 14.6 Å². The number of nitrogens with one attached hydrogen (secondary N) is 1. The summed E-state index contributed by atoms with van der Waals surface area (Å²) in [6.07, 6.45) is 2.44. The van der Waals surface area contributed by atoms with E-state index in [-0.39, 0.29) is 0 Å². The molecule has 0 amide bonds. The summed E-state index contributed by atoms with van der Waals surface area (Å²) in [5.74, 6) is 2.37. The zero-order valence-electron chi connectivity index (χ0n) is 16.1. The number of hydrogen-bond acceptors (Lipinski definition) is 5. The molecule has 0 radical (unpaired) electrons. The smallest absolute Gasteiger partial charge is 0.254 e. The third-order valence-corrected chi connectivity index (χ3v) is 4.74. The lowest BCUT2D eigenvalue weighted by molar-refractivity contribution is 0.332. The van der Waals surface area contributed by atoms with Gasteiger partial charge in [-0.05, 0) is 43.5 Å². The Morgan fingerprint density at radius 3 is 2.50 bits per heavy atom. The van der Waals surface area contributed by atoms with Gasteiger partial charge in [-0.1, -0.05) is 42.5 Å². The summed E-state index contributed by atoms with van der Waals surface area (Å²) < 4.78 is 7.60. The summed E-state index contributed by atoms with van der Waals surface area (Å²) in [5.41, 5.74) is 4.58. The van der Waals surface area contributed by atoms with Crippen molar-refractivity contribution >= 4 is 11.6 Å². The molecular weight excluding hydrogens is 350 g/mol. The number of hydrogen-bond donors (Lipinski definition) is 1. The maximum Gasteiger partial charge on any atom is 0.254 e. The van der Waals surface area contributed by atoms with Crippen LogP contribution in [0.15, 0.2) is 60.9 Å². The van der Waals surface area contributed by atoms with Gasteiger partial charge in [0.05, 0.1) is 6.54 Å². The van der Waals surface area contributed by atoms with Crippen molar-refractivity contribution in [3.05, 3.63) is 83.3 Å². The Hall–Kier alpha value is -3.41. The Morgan fingerprint density at radius 2 is 1.71 bits per heavy atom. The second-order valence-electron chi connectivity index (χ2n) is 6.72. The summed E-state index contributed by atoms with van der Waals surface area (Å²) in [7, 11) is 0. The number of fused-ring (bicyclic) bond motifs is 1. The van der Waals surface area contributed by atoms with E-state index in [4.69, 9.17) is 4.74 Å². The molecule has 0 fully saturated rings. The summed E-state index contributed by atoms with van der Waals surface area (Å²) in [6.45, 7) is 5.21. The molecule has 142 valence electrons. The van der Waals surface area contributed by atoms with Crippen molar-refractivity contribution in [3.63, 3.8) is 0 Å². The lowest BCUT2D eigenvalue weighted by Gasteiger charge is -2.13. The van der Waals surface area contributed by atoms with Gasteiger partial charge in [0.15, 0.2) is 0 Å². The standard InChI is InChI=1S/C22H23N5O/c1-16-17(2)26-22-24-15-25-27(22)21(16)23-12-13-28-20-10-8-19(9-11-20)14-18-6-4-3-5-7-18/h3-11,15,23H,12-14H2,1-2H3. The SMILES string of the molecule is Cc1nc2ncnn2c(NCCOc2ccc(Cc3ccccc3)cc2)c1C. The third kappa shape index (κ3) is 3.96. The maximum absolute atomic E-state index is 5.87. The van der Waals surface area contributed by atoms with Gasteiger partial charge < -0.3 is 10.1 Å². The van der Waals surface area contributed by atoms with E-state index in [0.29, 0.717) is 18.9 Å². The molecule has 1 N–H and O–H groups in total. The quantitative estimate of drug-likeness (QED) is 0.499. The lowest BCUT2D eigenvalue weighted by atomic mass is 10.1. The first-order valence-electron chi connectivity index (χ1n) is 9.37. The molecule has 0 saturated heterocycles. The van der Waals surface area contributed by atoms with Crippen molar-refractivity contribution in [2.45, 2.75) is 20.3 Å². The van der Waals surface area contributed by atoms with Crippen LogP contribution in [-0.2, 0) is 6.42 Å². The molecule has 0 bridgehead atoms. The molecule has 6 heteroatoms. The van der Waals surface area contributed by atoms with Gasteiger partial charge in [0.25, 0.3) is 5.78 Å². The van der Waals surface area contributed by atoms with Crippen LogP contribution in [0.2, 0.25) is 0 Å². The van der Waals surface area contributed by atoms with Gasteiger partial charge in [-0.15, -0.1) is 0 Å². The van der Waals surface area contributed by atoms with E-state index in [0.717, 1.165) is 29.2 Å². The molecule has 0 aliphatic carbocycles. The van der Waals surface area contributed by atoms with Crippen LogP contribution < -0.4 is 10.1 Å². The maximum atomic E-state index is 5.87. The van der Waals surface area contributed by atoms with Crippen LogP contribution in [0, 0.1) is 13.8 Å². The van der Waals surface area contributed by atoms with Gasteiger partial charge in [-0.25, -0.2) is 4.98 Å². The van der Waals surface area contributed by atoms with E-state index in [1.165, 1.54) is 17.5 Å². The fourth-order valence-electron chi connectivity index (χ4n) is 3.11. The number of nitrogens with zero attached hydrogens (tertiary/aromatic N) is 4. The predicted octanol–water partition coefficient (Wildman–Crippen LogP) is 3.82. The summed E-state index contributed by atoms with van der Waals surface area (Å²) >= 11 is 0. The highest BCUT2D eigenvalue weighted by molar-refractivity contribution is 5.51. The van der Waals surface area contributed by atoms with Crippen molar-refractivity contribution in [3.8, 4) is 5.75 Å². The fraction of sp³-hybridized carbons (Fsp3) is 0.227. The predicted molar refractivity (Wildman–Crippen MR) is 110 cm³/mol. The molecule has 0 saturated carbocycles. The minimum atomic E-state index is 0.551. The summed E-state index contributed by atoms with van der Waals surface area (Å²) in [6, 6.07) is 18.7. The number of benzene rings is 2. The van der Waals surface area contributed by atoms with E-state index in [1.54, 1.807) is 4.52 Å². The summed E-state index contributed by atoms with van der Waals surface area (Å²) in [5, 5.41) is 7.63. The van der Waals surface area contributed by atoms with E-state index >= 15 is 0 Å². The second-order valence-corrected chi connectivity index (χ2v) is 6.72. The Morgan fingerprint density at radius 1 is 0.964 bits per heavy atom. The van der Waals surface area contributed by atoms with Crippen LogP contribution in [0.4, 0.5) is 5.82 Å². The molecule has 0 aliphatic heterocycles. The number of aromatic nitrogens is 4. The van der Waals surface area contributed by atoms with E-state index in [1.807, 2.05) is 32.0 Å². The van der Waals surface area contributed by atoms with E-state index in [9.17, 15) is 0 Å². The van der Waals surface area contributed by atoms with Gasteiger partial charge in [0.2, 0.25) is 0 Å². The average molecular weight is 373 g/mol. The minimum absolute atomic E-state index is 0.551. The van der Waals surface area contributed by atoms with Crippen molar-refractivity contribution in [2.75, 3.05) is 18.5 Å². The molecule has 0 unspecified atom stereocenters. The third-order valence-electron chi connectivity index (χ3n) is 4.74. The molecule has 0 spiro atoms. The number of ether oxygens (including phenoxy) is 1. The molecule has 6 nitrogen and oxygen atoms in total. The van der Waals surface area contributed by atoms with Crippen LogP contribution >= 0.6 is 0 Å². The first-order chi connectivity index (χ1) is 13.7. The molecule has 0 atom stereocenters. The van der Waals surface area contributed by atoms with Gasteiger partial charge >= 0.3 is 0 Å². The Kier molecular flexibility index (Phi) is 5.19. The highest BCUT2D eigenvalue weighted by Crippen LogP contribution is 2.18. The Bertz CT molecular complexity index is 1060. The number of rotatable bonds is 7. The molecule has 28 heavy (non-hydrogen) atoms. The first-order valence-corrected chi connectivity index (χ1v) is 9.37. The van der Waals surface area contributed by atoms with Crippen LogP contribution in [0.5, 0.6) is 5.75 Å². The molecule has 0 aliphatic rings. The van der Waals surface area contributed by atoms with Crippen molar-refractivity contribution in [1.82, 2.24) is 19.6 Å². The fourth-order valence-corrected chi connectivity index (χ4v) is 3.11. The second kappa shape index (κ2) is 8.08. The van der Waals surface area contributed by atoms with Gasteiger partial charge in [0.1, 0.15) is 24.5 Å².